The van der Waals surface area contributed by atoms with E-state index in [0.717, 1.165) is 4.88 Å². The topological polar surface area (TPSA) is 43.1 Å². The summed E-state index contributed by atoms with van der Waals surface area (Å²) in [6, 6.07) is 3.77. The van der Waals surface area contributed by atoms with Gasteiger partial charge in [0.2, 0.25) is 0 Å². The van der Waals surface area contributed by atoms with E-state index in [-0.39, 0.29) is 0 Å². The van der Waals surface area contributed by atoms with E-state index in [1.165, 1.54) is 11.3 Å². The van der Waals surface area contributed by atoms with Crippen LogP contribution in [0.15, 0.2) is 17.5 Å². The van der Waals surface area contributed by atoms with Crippen molar-refractivity contribution >= 4 is 31.2 Å². The van der Waals surface area contributed by atoms with Crippen LogP contribution < -0.4 is 5.14 Å². The van der Waals surface area contributed by atoms with Crippen LogP contribution in [0.25, 0.3) is 0 Å². The van der Waals surface area contributed by atoms with E-state index in [4.69, 9.17) is 5.14 Å². The largest absolute Gasteiger partial charge is 0.250 e. The number of nitrogens with two attached hydrogens (primary N) is 1. The van der Waals surface area contributed by atoms with Gasteiger partial charge in [-0.1, -0.05) is 6.07 Å². The summed E-state index contributed by atoms with van der Waals surface area (Å²) in [4.78, 5) is 0.988. The zero-order chi connectivity index (χ0) is 7.61. The van der Waals surface area contributed by atoms with Crippen molar-refractivity contribution < 1.29 is 4.21 Å². The van der Waals surface area contributed by atoms with E-state index >= 15 is 0 Å². The minimum Gasteiger partial charge on any atom is -0.250 e. The van der Waals surface area contributed by atoms with Gasteiger partial charge in [-0.05, 0) is 22.6 Å². The lowest BCUT2D eigenvalue weighted by atomic mass is 10.5. The lowest BCUT2D eigenvalue weighted by Gasteiger charge is -1.94. The average Bonchev–Trinajstić information content (AvgIpc) is 2.12. The molecular weight excluding hydrogens is 186 g/mol. The first kappa shape index (κ1) is 8.13. The number of hydrogen-bond donors (Lipinski definition) is 1. The van der Waals surface area contributed by atoms with Gasteiger partial charge in [-0.2, -0.15) is 0 Å². The lowest BCUT2D eigenvalue weighted by Crippen LogP contribution is -2.11. The second-order valence-corrected chi connectivity index (χ2v) is 6.23. The molecule has 0 aliphatic rings. The Morgan fingerprint density at radius 1 is 1.80 bits per heavy atom. The lowest BCUT2D eigenvalue weighted by molar-refractivity contribution is 0.683. The third kappa shape index (κ3) is 2.74. The predicted molar refractivity (Wildman–Crippen MR) is 47.7 cm³/mol. The SMILES string of the molecule is NS(=O)(=S)Cc1cccs1. The molecule has 0 amide bonds. The predicted octanol–water partition coefficient (Wildman–Crippen LogP) is 0.868. The molecule has 1 heterocycles. The number of rotatable bonds is 2. The Hall–Kier alpha value is 0.0300. The van der Waals surface area contributed by atoms with Crippen molar-refractivity contribution in [3.05, 3.63) is 22.4 Å². The van der Waals surface area contributed by atoms with Crippen molar-refractivity contribution in [3.8, 4) is 0 Å². The molecule has 56 valence electrons. The molecule has 0 spiro atoms. The van der Waals surface area contributed by atoms with E-state index < -0.39 is 8.68 Å². The van der Waals surface area contributed by atoms with Crippen molar-refractivity contribution in [2.45, 2.75) is 5.75 Å². The van der Waals surface area contributed by atoms with Crippen LogP contribution in [-0.2, 0) is 25.6 Å². The number of hydrogen-bond acceptors (Lipinski definition) is 3. The fraction of sp³-hybridized carbons (Fsp3) is 0.200. The Morgan fingerprint density at radius 2 is 2.50 bits per heavy atom. The summed E-state index contributed by atoms with van der Waals surface area (Å²) >= 11 is 6.07. The summed E-state index contributed by atoms with van der Waals surface area (Å²) in [6.07, 6.45) is 0. The standard InChI is InChI=1S/C5H7NOS3/c6-10(7,8)4-5-2-1-3-9-5/h1-3H,4H2,(H2,6,7,8). The van der Waals surface area contributed by atoms with Gasteiger partial charge < -0.3 is 0 Å². The zero-order valence-electron chi connectivity index (χ0n) is 5.15. The second-order valence-electron chi connectivity index (χ2n) is 1.89. The molecule has 0 aliphatic carbocycles. The summed E-state index contributed by atoms with van der Waals surface area (Å²) in [5.74, 6) is 0.319. The summed E-state index contributed by atoms with van der Waals surface area (Å²) < 4.78 is 10.9. The Balaban J connectivity index is 2.75. The molecule has 0 aromatic carbocycles. The highest BCUT2D eigenvalue weighted by Crippen LogP contribution is 2.10. The maximum atomic E-state index is 10.9. The van der Waals surface area contributed by atoms with Gasteiger partial charge in [0.1, 0.15) is 0 Å². The highest BCUT2D eigenvalue weighted by molar-refractivity contribution is 8.31. The van der Waals surface area contributed by atoms with Gasteiger partial charge in [0.15, 0.2) is 0 Å². The van der Waals surface area contributed by atoms with Gasteiger partial charge in [0, 0.05) is 4.88 Å². The van der Waals surface area contributed by atoms with E-state index in [9.17, 15) is 4.21 Å². The van der Waals surface area contributed by atoms with Crippen LogP contribution in [0.3, 0.4) is 0 Å². The van der Waals surface area contributed by atoms with Gasteiger partial charge >= 0.3 is 0 Å². The van der Waals surface area contributed by atoms with Gasteiger partial charge in [0.05, 0.1) is 14.4 Å². The first-order valence-electron chi connectivity index (χ1n) is 2.61. The molecule has 1 aromatic rings. The fourth-order valence-corrected chi connectivity index (χ4v) is 2.98. The Labute approximate surface area is 68.9 Å². The Morgan fingerprint density at radius 3 is 2.90 bits per heavy atom. The molecular formula is C5H7NOS3. The average molecular weight is 193 g/mol. The minimum atomic E-state index is -2.50. The van der Waals surface area contributed by atoms with E-state index in [0.29, 0.717) is 5.75 Å². The Bertz CT molecular complexity index is 287. The molecule has 1 rings (SSSR count). The van der Waals surface area contributed by atoms with Crippen LogP contribution in [0.2, 0.25) is 0 Å². The van der Waals surface area contributed by atoms with Crippen LogP contribution in [0.1, 0.15) is 4.88 Å². The van der Waals surface area contributed by atoms with Crippen molar-refractivity contribution in [1.82, 2.24) is 0 Å². The molecule has 0 radical (unpaired) electrons. The van der Waals surface area contributed by atoms with Gasteiger partial charge in [-0.3, -0.25) is 5.14 Å². The third-order valence-corrected chi connectivity index (χ3v) is 3.05. The molecule has 5 heteroatoms. The fourth-order valence-electron chi connectivity index (χ4n) is 0.593. The first-order chi connectivity index (χ1) is 4.58. The molecule has 2 nitrogen and oxygen atoms in total. The monoisotopic (exact) mass is 193 g/mol. The molecule has 10 heavy (non-hydrogen) atoms. The minimum absolute atomic E-state index is 0.319. The first-order valence-corrected chi connectivity index (χ1v) is 6.20. The van der Waals surface area contributed by atoms with Gasteiger partial charge in [-0.25, -0.2) is 4.21 Å². The van der Waals surface area contributed by atoms with E-state index in [1.807, 2.05) is 17.5 Å². The molecule has 0 saturated heterocycles. The van der Waals surface area contributed by atoms with Gasteiger partial charge in [-0.15, -0.1) is 11.3 Å². The zero-order valence-corrected chi connectivity index (χ0v) is 7.60. The quantitative estimate of drug-likeness (QED) is 0.757. The van der Waals surface area contributed by atoms with E-state index in [1.54, 1.807) is 0 Å². The molecule has 0 bridgehead atoms. The molecule has 0 aliphatic heterocycles. The van der Waals surface area contributed by atoms with Gasteiger partial charge in [0.25, 0.3) is 0 Å². The molecule has 1 aromatic heterocycles. The molecule has 2 N–H and O–H groups in total. The Kier molecular flexibility index (Phi) is 2.40. The van der Waals surface area contributed by atoms with Crippen molar-refractivity contribution in [1.29, 1.82) is 0 Å². The normalized spacial score (nSPS) is 16.5. The summed E-state index contributed by atoms with van der Waals surface area (Å²) in [5.41, 5.74) is 0. The molecule has 1 atom stereocenters. The second kappa shape index (κ2) is 2.96. The van der Waals surface area contributed by atoms with E-state index in [2.05, 4.69) is 11.2 Å². The van der Waals surface area contributed by atoms with Crippen molar-refractivity contribution in [3.63, 3.8) is 0 Å². The summed E-state index contributed by atoms with van der Waals surface area (Å²) in [7, 11) is -2.50. The summed E-state index contributed by atoms with van der Waals surface area (Å²) in [5, 5.41) is 7.09. The molecule has 0 fully saturated rings. The highest BCUT2D eigenvalue weighted by atomic mass is 32.8. The maximum absolute atomic E-state index is 10.9. The third-order valence-electron chi connectivity index (χ3n) is 0.924. The number of thiophene rings is 1. The van der Waals surface area contributed by atoms with Crippen LogP contribution in [0.4, 0.5) is 0 Å². The highest BCUT2D eigenvalue weighted by Gasteiger charge is 2.00. The van der Waals surface area contributed by atoms with Crippen molar-refractivity contribution in [2.75, 3.05) is 0 Å². The van der Waals surface area contributed by atoms with Crippen LogP contribution in [0.5, 0.6) is 0 Å². The smallest absolute Gasteiger partial charge is 0.0921 e. The van der Waals surface area contributed by atoms with Crippen molar-refractivity contribution in [2.24, 2.45) is 5.14 Å². The molecule has 1 unspecified atom stereocenters. The van der Waals surface area contributed by atoms with Crippen LogP contribution in [0, 0.1) is 0 Å². The van der Waals surface area contributed by atoms with Crippen LogP contribution >= 0.6 is 11.3 Å². The molecule has 0 saturated carbocycles. The summed E-state index contributed by atoms with van der Waals surface area (Å²) in [6.45, 7) is 0. The maximum Gasteiger partial charge on any atom is 0.0921 e. The van der Waals surface area contributed by atoms with Crippen LogP contribution in [-0.4, -0.2) is 4.21 Å².